The van der Waals surface area contributed by atoms with Gasteiger partial charge in [0, 0.05) is 27.6 Å². The molecule has 30 heavy (non-hydrogen) atoms. The van der Waals surface area contributed by atoms with Crippen molar-refractivity contribution in [3.63, 3.8) is 0 Å². The molecule has 2 N–H and O–H groups in total. The summed E-state index contributed by atoms with van der Waals surface area (Å²) in [6.07, 6.45) is 1.03. The van der Waals surface area contributed by atoms with E-state index in [2.05, 4.69) is 97.3 Å². The van der Waals surface area contributed by atoms with E-state index in [-0.39, 0.29) is 5.41 Å². The third kappa shape index (κ3) is 2.14. The maximum absolute atomic E-state index is 6.17. The van der Waals surface area contributed by atoms with Gasteiger partial charge in [-0.2, -0.15) is 0 Å². The summed E-state index contributed by atoms with van der Waals surface area (Å²) in [5.74, 6) is 0. The molecule has 0 spiro atoms. The average Bonchev–Trinajstić information content (AvgIpc) is 3.24. The Kier molecular flexibility index (Phi) is 3.47. The van der Waals surface area contributed by atoms with Crippen molar-refractivity contribution in [2.24, 2.45) is 0 Å². The topological polar surface area (TPSA) is 30.9 Å². The predicted octanol–water partition coefficient (Wildman–Crippen LogP) is 7.06. The van der Waals surface area contributed by atoms with E-state index in [1.165, 1.54) is 49.7 Å². The van der Waals surface area contributed by atoms with Crippen LogP contribution in [0.3, 0.4) is 0 Å². The number of fused-ring (bicyclic) bond motifs is 6. The fraction of sp³-hybridized carbons (Fsp3) is 0.143. The van der Waals surface area contributed by atoms with Gasteiger partial charge < -0.3 is 10.3 Å². The minimum absolute atomic E-state index is 0.0329. The van der Waals surface area contributed by atoms with Crippen LogP contribution in [0, 0.1) is 0 Å². The molecule has 0 saturated heterocycles. The molecule has 0 saturated carbocycles. The maximum Gasteiger partial charge on any atom is 0.0541 e. The van der Waals surface area contributed by atoms with Gasteiger partial charge in [0.1, 0.15) is 0 Å². The first-order valence-corrected chi connectivity index (χ1v) is 10.7. The van der Waals surface area contributed by atoms with E-state index >= 15 is 0 Å². The van der Waals surface area contributed by atoms with Gasteiger partial charge >= 0.3 is 0 Å². The van der Waals surface area contributed by atoms with Gasteiger partial charge in [0.05, 0.1) is 11.0 Å². The molecule has 1 aliphatic carbocycles. The third-order valence-electron chi connectivity index (χ3n) is 7.07. The zero-order valence-electron chi connectivity index (χ0n) is 17.3. The lowest BCUT2D eigenvalue weighted by molar-refractivity contribution is 0.564. The SMILES string of the molecule is CCC1(C)c2cc(N)ccc2-c2ccc(-n3c4ccccc4c4ccccc43)cc21. The summed E-state index contributed by atoms with van der Waals surface area (Å²) < 4.78 is 2.40. The van der Waals surface area contributed by atoms with Crippen LogP contribution in [0.4, 0.5) is 5.69 Å². The molecule has 2 heteroatoms. The van der Waals surface area contributed by atoms with Gasteiger partial charge in [-0.25, -0.2) is 0 Å². The zero-order chi connectivity index (χ0) is 20.5. The molecule has 0 fully saturated rings. The average molecular weight is 389 g/mol. The molecule has 1 atom stereocenters. The predicted molar refractivity (Wildman–Crippen MR) is 127 cm³/mol. The van der Waals surface area contributed by atoms with E-state index in [1.807, 2.05) is 6.07 Å². The summed E-state index contributed by atoms with van der Waals surface area (Å²) in [4.78, 5) is 0. The van der Waals surface area contributed by atoms with Gasteiger partial charge in [0.15, 0.2) is 0 Å². The number of anilines is 1. The highest BCUT2D eigenvalue weighted by Gasteiger charge is 2.38. The molecule has 5 aromatic rings. The lowest BCUT2D eigenvalue weighted by Gasteiger charge is -2.26. The smallest absolute Gasteiger partial charge is 0.0541 e. The van der Waals surface area contributed by atoms with E-state index in [9.17, 15) is 0 Å². The number of nitrogen functional groups attached to an aromatic ring is 1. The second kappa shape index (κ2) is 5.99. The molecule has 0 amide bonds. The molecule has 1 aromatic heterocycles. The second-order valence-electron chi connectivity index (χ2n) is 8.59. The van der Waals surface area contributed by atoms with Crippen molar-refractivity contribution in [2.75, 3.05) is 5.73 Å². The number of para-hydroxylation sites is 2. The summed E-state index contributed by atoms with van der Waals surface area (Å²) in [5.41, 5.74) is 16.1. The number of aromatic nitrogens is 1. The van der Waals surface area contributed by atoms with Gasteiger partial charge in [-0.05, 0) is 65.1 Å². The zero-order valence-corrected chi connectivity index (χ0v) is 17.3. The monoisotopic (exact) mass is 388 g/mol. The third-order valence-corrected chi connectivity index (χ3v) is 7.07. The summed E-state index contributed by atoms with van der Waals surface area (Å²) in [6.45, 7) is 4.63. The molecule has 4 aromatic carbocycles. The normalized spacial score (nSPS) is 17.4. The Balaban J connectivity index is 1.66. The van der Waals surface area contributed by atoms with E-state index < -0.39 is 0 Å². The first-order chi connectivity index (χ1) is 14.6. The first-order valence-electron chi connectivity index (χ1n) is 10.7. The highest BCUT2D eigenvalue weighted by Crippen LogP contribution is 2.51. The lowest BCUT2D eigenvalue weighted by atomic mass is 9.78. The highest BCUT2D eigenvalue weighted by molar-refractivity contribution is 6.09. The number of rotatable bonds is 2. The van der Waals surface area contributed by atoms with Crippen LogP contribution < -0.4 is 5.73 Å². The number of nitrogens with two attached hydrogens (primary N) is 1. The van der Waals surface area contributed by atoms with Crippen LogP contribution in [0.25, 0.3) is 38.6 Å². The Morgan fingerprint density at radius 2 is 1.30 bits per heavy atom. The molecule has 0 radical (unpaired) electrons. The summed E-state index contributed by atoms with van der Waals surface area (Å²) >= 11 is 0. The van der Waals surface area contributed by atoms with Crippen LogP contribution >= 0.6 is 0 Å². The number of nitrogens with zero attached hydrogens (tertiary/aromatic N) is 1. The van der Waals surface area contributed by atoms with E-state index in [4.69, 9.17) is 5.73 Å². The lowest BCUT2D eigenvalue weighted by Crippen LogP contribution is -2.19. The van der Waals surface area contributed by atoms with Crippen LogP contribution in [0.1, 0.15) is 31.4 Å². The van der Waals surface area contributed by atoms with Gasteiger partial charge in [0.25, 0.3) is 0 Å². The molecule has 1 heterocycles. The Morgan fingerprint density at radius 1 is 0.733 bits per heavy atom. The minimum Gasteiger partial charge on any atom is -0.399 e. The Morgan fingerprint density at radius 3 is 1.93 bits per heavy atom. The van der Waals surface area contributed by atoms with Gasteiger partial charge in [-0.1, -0.05) is 62.4 Å². The number of benzene rings is 4. The van der Waals surface area contributed by atoms with E-state index in [0.29, 0.717) is 0 Å². The summed E-state index contributed by atoms with van der Waals surface area (Å²) in [7, 11) is 0. The van der Waals surface area contributed by atoms with E-state index in [1.54, 1.807) is 0 Å². The Hall–Kier alpha value is -3.52. The van der Waals surface area contributed by atoms with Crippen LogP contribution in [0.2, 0.25) is 0 Å². The van der Waals surface area contributed by atoms with Gasteiger partial charge in [-0.15, -0.1) is 0 Å². The van der Waals surface area contributed by atoms with Crippen molar-refractivity contribution in [1.82, 2.24) is 4.57 Å². The van der Waals surface area contributed by atoms with Gasteiger partial charge in [0.2, 0.25) is 0 Å². The van der Waals surface area contributed by atoms with Crippen LogP contribution in [-0.4, -0.2) is 4.57 Å². The first kappa shape index (κ1) is 17.3. The van der Waals surface area contributed by atoms with Crippen LogP contribution in [0.5, 0.6) is 0 Å². The fourth-order valence-corrected chi connectivity index (χ4v) is 5.34. The summed E-state index contributed by atoms with van der Waals surface area (Å²) in [6, 6.07) is 30.7. The molecule has 0 bridgehead atoms. The Bertz CT molecular complexity index is 1400. The maximum atomic E-state index is 6.17. The van der Waals surface area contributed by atoms with Crippen molar-refractivity contribution in [3.8, 4) is 16.8 Å². The number of hydrogen-bond acceptors (Lipinski definition) is 1. The molecule has 146 valence electrons. The number of hydrogen-bond donors (Lipinski definition) is 1. The van der Waals surface area contributed by atoms with E-state index in [0.717, 1.165) is 12.1 Å². The van der Waals surface area contributed by atoms with Crippen molar-refractivity contribution >= 4 is 27.5 Å². The molecule has 1 unspecified atom stereocenters. The fourth-order valence-electron chi connectivity index (χ4n) is 5.34. The highest BCUT2D eigenvalue weighted by atomic mass is 15.0. The Labute approximate surface area is 176 Å². The summed E-state index contributed by atoms with van der Waals surface area (Å²) in [5, 5.41) is 2.59. The van der Waals surface area contributed by atoms with Crippen molar-refractivity contribution < 1.29 is 0 Å². The molecule has 0 aliphatic heterocycles. The van der Waals surface area contributed by atoms with Crippen LogP contribution in [-0.2, 0) is 5.41 Å². The van der Waals surface area contributed by atoms with Gasteiger partial charge in [-0.3, -0.25) is 0 Å². The standard InChI is InChI=1S/C28H24N2/c1-3-28(2)24-16-18(29)12-14-20(24)21-15-13-19(17-25(21)28)30-26-10-6-4-8-22(26)23-9-5-7-11-27(23)30/h4-17H,3,29H2,1-2H3. The van der Waals surface area contributed by atoms with Crippen molar-refractivity contribution in [3.05, 3.63) is 96.1 Å². The molecular weight excluding hydrogens is 364 g/mol. The van der Waals surface area contributed by atoms with Crippen molar-refractivity contribution in [2.45, 2.75) is 25.7 Å². The second-order valence-corrected chi connectivity index (χ2v) is 8.59. The van der Waals surface area contributed by atoms with Crippen molar-refractivity contribution in [1.29, 1.82) is 0 Å². The largest absolute Gasteiger partial charge is 0.399 e. The molecule has 1 aliphatic rings. The molecule has 6 rings (SSSR count). The molecular formula is C28H24N2. The minimum atomic E-state index is -0.0329. The molecule has 2 nitrogen and oxygen atoms in total. The quantitative estimate of drug-likeness (QED) is 0.322. The van der Waals surface area contributed by atoms with Crippen LogP contribution in [0.15, 0.2) is 84.9 Å².